The lowest BCUT2D eigenvalue weighted by Crippen LogP contribution is -2.06. The molecule has 0 heterocycles. The first-order valence-electron chi connectivity index (χ1n) is 3.17. The third kappa shape index (κ3) is 1.32. The maximum atomic E-state index is 12.6. The van der Waals surface area contributed by atoms with E-state index in [0.29, 0.717) is 0 Å². The van der Waals surface area contributed by atoms with E-state index in [1.54, 1.807) is 0 Å². The van der Waals surface area contributed by atoms with Gasteiger partial charge in [-0.05, 0) is 0 Å². The Morgan fingerprint density at radius 3 is 1.54 bits per heavy atom. The number of halogens is 5. The summed E-state index contributed by atoms with van der Waals surface area (Å²) in [6, 6.07) is 0. The van der Waals surface area contributed by atoms with Gasteiger partial charge in [-0.2, -0.15) is 0 Å². The molecule has 0 amide bonds. The molecule has 1 aromatic rings. The number of rotatable bonds is 1. The van der Waals surface area contributed by atoms with Gasteiger partial charge in [0.05, 0.1) is 5.56 Å². The first kappa shape index (κ1) is 9.76. The fraction of sp³-hybridized carbons (Fsp3) is 0.143. The Morgan fingerprint density at radius 1 is 0.846 bits per heavy atom. The molecule has 0 spiro atoms. The predicted molar refractivity (Wildman–Crippen MR) is 35.5 cm³/mol. The molecule has 0 radical (unpaired) electrons. The largest absolute Gasteiger partial charge is 0.394 e. The van der Waals surface area contributed by atoms with Gasteiger partial charge in [0.15, 0.2) is 23.3 Å². The highest BCUT2D eigenvalue weighted by molar-refractivity contribution is 5.45. The van der Waals surface area contributed by atoms with Gasteiger partial charge in [-0.1, -0.05) is 0 Å². The standard InChI is InChI=1S/C7H4F5N/c8-1-2-3(9)5(11)7(13)6(12)4(2)10/h1,13H2. The summed E-state index contributed by atoms with van der Waals surface area (Å²) in [6.45, 7) is -1.63. The first-order chi connectivity index (χ1) is 6.00. The second-order valence-corrected chi connectivity index (χ2v) is 2.28. The van der Waals surface area contributed by atoms with Gasteiger partial charge in [-0.25, -0.2) is 22.0 Å². The molecule has 72 valence electrons. The third-order valence-corrected chi connectivity index (χ3v) is 1.52. The highest BCUT2D eigenvalue weighted by atomic mass is 19.2. The molecule has 0 aromatic heterocycles. The molecule has 1 aromatic carbocycles. The maximum Gasteiger partial charge on any atom is 0.185 e. The molecular weight excluding hydrogens is 193 g/mol. The van der Waals surface area contributed by atoms with Gasteiger partial charge in [-0.3, -0.25) is 0 Å². The molecule has 2 N–H and O–H groups in total. The highest BCUT2D eigenvalue weighted by Crippen LogP contribution is 2.26. The summed E-state index contributed by atoms with van der Waals surface area (Å²) in [5.74, 6) is -7.13. The fourth-order valence-corrected chi connectivity index (χ4v) is 0.811. The van der Waals surface area contributed by atoms with Gasteiger partial charge >= 0.3 is 0 Å². The van der Waals surface area contributed by atoms with E-state index in [-0.39, 0.29) is 0 Å². The number of benzene rings is 1. The van der Waals surface area contributed by atoms with Crippen molar-refractivity contribution in [2.75, 3.05) is 5.73 Å². The van der Waals surface area contributed by atoms with Gasteiger partial charge < -0.3 is 5.73 Å². The van der Waals surface area contributed by atoms with Crippen molar-refractivity contribution in [2.24, 2.45) is 0 Å². The lowest BCUT2D eigenvalue weighted by molar-refractivity contribution is 0.399. The van der Waals surface area contributed by atoms with E-state index in [2.05, 4.69) is 5.73 Å². The van der Waals surface area contributed by atoms with Crippen molar-refractivity contribution in [1.82, 2.24) is 0 Å². The molecule has 0 aliphatic carbocycles. The second kappa shape index (κ2) is 3.20. The number of hydrogen-bond donors (Lipinski definition) is 1. The van der Waals surface area contributed by atoms with Gasteiger partial charge in [0.25, 0.3) is 0 Å². The Morgan fingerprint density at radius 2 is 1.23 bits per heavy atom. The fourth-order valence-electron chi connectivity index (χ4n) is 0.811. The normalized spacial score (nSPS) is 10.5. The topological polar surface area (TPSA) is 26.0 Å². The van der Waals surface area contributed by atoms with Crippen LogP contribution in [-0.2, 0) is 6.67 Å². The SMILES string of the molecule is Nc1c(F)c(F)c(CF)c(F)c1F. The van der Waals surface area contributed by atoms with Crippen LogP contribution in [0.25, 0.3) is 0 Å². The van der Waals surface area contributed by atoms with Gasteiger partial charge in [0.1, 0.15) is 12.4 Å². The van der Waals surface area contributed by atoms with Crippen LogP contribution in [0.4, 0.5) is 27.6 Å². The summed E-state index contributed by atoms with van der Waals surface area (Å²) >= 11 is 0. The van der Waals surface area contributed by atoms with Gasteiger partial charge in [-0.15, -0.1) is 0 Å². The molecule has 1 rings (SSSR count). The Labute approximate surface area is 70.0 Å². The molecule has 13 heavy (non-hydrogen) atoms. The average Bonchev–Trinajstić information content (AvgIpc) is 2.13. The molecule has 0 saturated carbocycles. The summed E-state index contributed by atoms with van der Waals surface area (Å²) in [5.41, 5.74) is 2.08. The van der Waals surface area contributed by atoms with Gasteiger partial charge in [0.2, 0.25) is 0 Å². The summed E-state index contributed by atoms with van der Waals surface area (Å²) in [4.78, 5) is 0. The number of anilines is 1. The number of nitrogens with two attached hydrogens (primary N) is 1. The van der Waals surface area contributed by atoms with Crippen LogP contribution in [0.1, 0.15) is 5.56 Å². The first-order valence-corrected chi connectivity index (χ1v) is 3.17. The highest BCUT2D eigenvalue weighted by Gasteiger charge is 2.23. The minimum Gasteiger partial charge on any atom is -0.394 e. The van der Waals surface area contributed by atoms with E-state index in [0.717, 1.165) is 0 Å². The molecule has 1 nitrogen and oxygen atoms in total. The second-order valence-electron chi connectivity index (χ2n) is 2.28. The summed E-state index contributed by atoms with van der Waals surface area (Å²) in [5, 5.41) is 0. The van der Waals surface area contributed by atoms with E-state index < -0.39 is 41.2 Å². The lowest BCUT2D eigenvalue weighted by Gasteiger charge is -2.05. The van der Waals surface area contributed by atoms with Crippen LogP contribution in [0.3, 0.4) is 0 Å². The van der Waals surface area contributed by atoms with Crippen LogP contribution < -0.4 is 5.73 Å². The van der Waals surface area contributed by atoms with Crippen LogP contribution in [-0.4, -0.2) is 0 Å². The zero-order valence-electron chi connectivity index (χ0n) is 6.17. The smallest absolute Gasteiger partial charge is 0.185 e. The van der Waals surface area contributed by atoms with E-state index in [1.165, 1.54) is 0 Å². The molecular formula is C7H4F5N. The molecule has 0 bridgehead atoms. The number of alkyl halides is 1. The molecule has 0 aliphatic rings. The van der Waals surface area contributed by atoms with Crippen LogP contribution in [0.2, 0.25) is 0 Å². The Kier molecular flexibility index (Phi) is 2.40. The molecule has 0 fully saturated rings. The van der Waals surface area contributed by atoms with Gasteiger partial charge in [0, 0.05) is 0 Å². The van der Waals surface area contributed by atoms with E-state index in [9.17, 15) is 22.0 Å². The predicted octanol–water partition coefficient (Wildman–Crippen LogP) is 2.29. The molecule has 0 saturated heterocycles. The van der Waals surface area contributed by atoms with Crippen molar-refractivity contribution in [2.45, 2.75) is 6.67 Å². The average molecular weight is 197 g/mol. The Bertz CT molecular complexity index is 320. The minimum atomic E-state index is -1.79. The quantitative estimate of drug-likeness (QED) is 0.417. The molecule has 0 atom stereocenters. The van der Waals surface area contributed by atoms with Crippen molar-refractivity contribution < 1.29 is 22.0 Å². The van der Waals surface area contributed by atoms with Crippen LogP contribution in [0.15, 0.2) is 0 Å². The van der Waals surface area contributed by atoms with Crippen molar-refractivity contribution in [3.8, 4) is 0 Å². The summed E-state index contributed by atoms with van der Waals surface area (Å²) in [7, 11) is 0. The minimum absolute atomic E-state index is 1.28. The van der Waals surface area contributed by atoms with Crippen LogP contribution in [0.5, 0.6) is 0 Å². The Balaban J connectivity index is 3.56. The maximum absolute atomic E-state index is 12.6. The number of hydrogen-bond acceptors (Lipinski definition) is 1. The Hall–Kier alpha value is -1.33. The van der Waals surface area contributed by atoms with Crippen molar-refractivity contribution in [1.29, 1.82) is 0 Å². The molecule has 0 unspecified atom stereocenters. The van der Waals surface area contributed by atoms with Crippen molar-refractivity contribution in [3.63, 3.8) is 0 Å². The molecule has 6 heteroatoms. The van der Waals surface area contributed by atoms with E-state index >= 15 is 0 Å². The van der Waals surface area contributed by atoms with Crippen LogP contribution >= 0.6 is 0 Å². The van der Waals surface area contributed by atoms with E-state index in [4.69, 9.17) is 0 Å². The number of nitrogen functional groups attached to an aromatic ring is 1. The lowest BCUT2D eigenvalue weighted by atomic mass is 10.1. The zero-order valence-corrected chi connectivity index (χ0v) is 6.17. The van der Waals surface area contributed by atoms with Crippen molar-refractivity contribution >= 4 is 5.69 Å². The van der Waals surface area contributed by atoms with Crippen LogP contribution in [0, 0.1) is 23.3 Å². The third-order valence-electron chi connectivity index (χ3n) is 1.52. The zero-order chi connectivity index (χ0) is 10.2. The van der Waals surface area contributed by atoms with Crippen molar-refractivity contribution in [3.05, 3.63) is 28.8 Å². The summed E-state index contributed by atoms with van der Waals surface area (Å²) in [6.07, 6.45) is 0. The summed E-state index contributed by atoms with van der Waals surface area (Å²) < 4.78 is 62.2. The monoisotopic (exact) mass is 197 g/mol. The molecule has 0 aliphatic heterocycles. The van der Waals surface area contributed by atoms with E-state index in [1.807, 2.05) is 0 Å².